The maximum Gasteiger partial charge on any atom is 0.344 e. The van der Waals surface area contributed by atoms with Crippen molar-refractivity contribution in [2.45, 2.75) is 6.92 Å². The molecule has 8 heteroatoms. The molecule has 1 N–H and O–H groups in total. The number of halogens is 1. The number of thiophene rings is 1. The van der Waals surface area contributed by atoms with Crippen LogP contribution in [-0.2, 0) is 9.53 Å². The highest BCUT2D eigenvalue weighted by Crippen LogP contribution is 2.25. The minimum Gasteiger partial charge on any atom is -0.481 e. The zero-order chi connectivity index (χ0) is 17.4. The van der Waals surface area contributed by atoms with Gasteiger partial charge in [-0.3, -0.25) is 4.79 Å². The number of hydrogen-bond acceptors (Lipinski definition) is 6. The number of carbonyl (C=O) groups excluding carboxylic acids is 2. The number of ether oxygens (including phenoxy) is 2. The molecule has 0 aliphatic heterocycles. The third kappa shape index (κ3) is 5.47. The van der Waals surface area contributed by atoms with E-state index in [9.17, 15) is 9.59 Å². The van der Waals surface area contributed by atoms with Crippen molar-refractivity contribution in [1.82, 2.24) is 5.43 Å². The van der Waals surface area contributed by atoms with Gasteiger partial charge in [-0.05, 0) is 58.1 Å². The minimum absolute atomic E-state index is 0.156. The van der Waals surface area contributed by atoms with Crippen LogP contribution in [0.1, 0.15) is 22.2 Å². The maximum absolute atomic E-state index is 11.7. The second-order valence-electron chi connectivity index (χ2n) is 4.46. The Balaban J connectivity index is 1.90. The fourth-order valence-corrected chi connectivity index (χ4v) is 2.81. The number of carbonyl (C=O) groups is 2. The molecular formula is C16H15BrN2O4S. The number of hydrogen-bond donors (Lipinski definition) is 1. The van der Waals surface area contributed by atoms with Gasteiger partial charge < -0.3 is 9.47 Å². The van der Waals surface area contributed by atoms with Gasteiger partial charge in [0, 0.05) is 0 Å². The molecular weight excluding hydrogens is 396 g/mol. The second-order valence-corrected chi connectivity index (χ2v) is 6.26. The van der Waals surface area contributed by atoms with Gasteiger partial charge in [0.25, 0.3) is 5.91 Å². The zero-order valence-electron chi connectivity index (χ0n) is 12.8. The quantitative estimate of drug-likeness (QED) is 0.431. The van der Waals surface area contributed by atoms with Gasteiger partial charge in [-0.1, -0.05) is 6.07 Å². The average Bonchev–Trinajstić information content (AvgIpc) is 3.09. The first-order chi connectivity index (χ1) is 11.6. The molecule has 0 bridgehead atoms. The van der Waals surface area contributed by atoms with Gasteiger partial charge in [0.2, 0.25) is 0 Å². The lowest BCUT2D eigenvalue weighted by atomic mass is 10.2. The largest absolute Gasteiger partial charge is 0.481 e. The van der Waals surface area contributed by atoms with E-state index in [1.807, 2.05) is 5.38 Å². The molecule has 6 nitrogen and oxygen atoms in total. The molecule has 2 rings (SSSR count). The van der Waals surface area contributed by atoms with E-state index in [0.29, 0.717) is 21.7 Å². The molecule has 0 aliphatic carbocycles. The number of amides is 1. The predicted octanol–water partition coefficient (Wildman–Crippen LogP) is 3.22. The van der Waals surface area contributed by atoms with E-state index in [-0.39, 0.29) is 12.5 Å². The van der Waals surface area contributed by atoms with Crippen molar-refractivity contribution >= 4 is 45.4 Å². The summed E-state index contributed by atoms with van der Waals surface area (Å²) in [5, 5.41) is 5.74. The van der Waals surface area contributed by atoms with Gasteiger partial charge in [0.05, 0.1) is 22.2 Å². The number of nitrogens with zero attached hydrogens (tertiary/aromatic N) is 1. The van der Waals surface area contributed by atoms with Gasteiger partial charge in [0.15, 0.2) is 6.61 Å². The van der Waals surface area contributed by atoms with Crippen molar-refractivity contribution in [3.63, 3.8) is 0 Å². The van der Waals surface area contributed by atoms with Crippen LogP contribution in [0.5, 0.6) is 5.75 Å². The summed E-state index contributed by atoms with van der Waals surface area (Å²) in [4.78, 5) is 23.6. The van der Waals surface area contributed by atoms with Crippen LogP contribution in [0.3, 0.4) is 0 Å². The Labute approximate surface area is 151 Å². The fraction of sp³-hybridized carbons (Fsp3) is 0.188. The highest BCUT2D eigenvalue weighted by molar-refractivity contribution is 9.10. The molecule has 2 aromatic rings. The van der Waals surface area contributed by atoms with Crippen molar-refractivity contribution in [3.8, 4) is 5.75 Å². The van der Waals surface area contributed by atoms with Gasteiger partial charge >= 0.3 is 5.97 Å². The van der Waals surface area contributed by atoms with E-state index in [4.69, 9.17) is 9.47 Å². The summed E-state index contributed by atoms with van der Waals surface area (Å²) in [6.07, 6.45) is 1.52. The highest BCUT2D eigenvalue weighted by Gasteiger charge is 2.07. The van der Waals surface area contributed by atoms with Gasteiger partial charge in [0.1, 0.15) is 5.75 Å². The SMILES string of the molecule is CCOC(=O)COc1ccc(/C=N\NC(=O)c2cccs2)cc1Br. The van der Waals surface area contributed by atoms with E-state index in [2.05, 4.69) is 26.5 Å². The molecule has 0 spiro atoms. The third-order valence-electron chi connectivity index (χ3n) is 2.73. The Hall–Kier alpha value is -2.19. The molecule has 0 radical (unpaired) electrons. The Morgan fingerprint density at radius 1 is 1.38 bits per heavy atom. The van der Waals surface area contributed by atoms with Crippen molar-refractivity contribution < 1.29 is 19.1 Å². The first-order valence-electron chi connectivity index (χ1n) is 7.05. The molecule has 0 saturated carbocycles. The van der Waals surface area contributed by atoms with Crippen LogP contribution >= 0.6 is 27.3 Å². The van der Waals surface area contributed by atoms with Crippen molar-refractivity contribution in [1.29, 1.82) is 0 Å². The van der Waals surface area contributed by atoms with Crippen molar-refractivity contribution in [3.05, 3.63) is 50.6 Å². The van der Waals surface area contributed by atoms with Gasteiger partial charge in [-0.2, -0.15) is 5.10 Å². The summed E-state index contributed by atoms with van der Waals surface area (Å²) in [6, 6.07) is 8.75. The van der Waals surface area contributed by atoms with Crippen LogP contribution in [0.4, 0.5) is 0 Å². The van der Waals surface area contributed by atoms with Crippen molar-refractivity contribution in [2.24, 2.45) is 5.10 Å². The van der Waals surface area contributed by atoms with E-state index >= 15 is 0 Å². The topological polar surface area (TPSA) is 77.0 Å². The molecule has 24 heavy (non-hydrogen) atoms. The molecule has 126 valence electrons. The Bertz CT molecular complexity index is 732. The fourth-order valence-electron chi connectivity index (χ4n) is 1.68. The molecule has 1 amide bonds. The molecule has 1 aromatic heterocycles. The third-order valence-corrected chi connectivity index (χ3v) is 4.22. The smallest absolute Gasteiger partial charge is 0.344 e. The summed E-state index contributed by atoms with van der Waals surface area (Å²) in [5.74, 6) is -0.163. The lowest BCUT2D eigenvalue weighted by molar-refractivity contribution is -0.145. The summed E-state index contributed by atoms with van der Waals surface area (Å²) < 4.78 is 10.8. The summed E-state index contributed by atoms with van der Waals surface area (Å²) in [5.41, 5.74) is 3.22. The monoisotopic (exact) mass is 410 g/mol. The second kappa shape index (κ2) is 9.19. The number of benzene rings is 1. The predicted molar refractivity (Wildman–Crippen MR) is 95.6 cm³/mol. The van der Waals surface area contributed by atoms with Gasteiger partial charge in [-0.15, -0.1) is 11.3 Å². The lowest BCUT2D eigenvalue weighted by Crippen LogP contribution is -2.16. The highest BCUT2D eigenvalue weighted by atomic mass is 79.9. The summed E-state index contributed by atoms with van der Waals surface area (Å²) >= 11 is 4.71. The number of nitrogens with one attached hydrogen (secondary N) is 1. The van der Waals surface area contributed by atoms with Crippen LogP contribution in [0.2, 0.25) is 0 Å². The molecule has 0 aliphatic rings. The van der Waals surface area contributed by atoms with Crippen LogP contribution in [0.15, 0.2) is 45.3 Å². The zero-order valence-corrected chi connectivity index (χ0v) is 15.2. The van der Waals surface area contributed by atoms with E-state index < -0.39 is 5.97 Å². The Morgan fingerprint density at radius 2 is 2.21 bits per heavy atom. The van der Waals surface area contributed by atoms with E-state index in [1.54, 1.807) is 37.3 Å². The van der Waals surface area contributed by atoms with Crippen LogP contribution in [0, 0.1) is 0 Å². The van der Waals surface area contributed by atoms with E-state index in [1.165, 1.54) is 17.6 Å². The minimum atomic E-state index is -0.425. The summed E-state index contributed by atoms with van der Waals surface area (Å²) in [7, 11) is 0. The summed E-state index contributed by atoms with van der Waals surface area (Å²) in [6.45, 7) is 1.89. The normalized spacial score (nSPS) is 10.6. The van der Waals surface area contributed by atoms with Crippen molar-refractivity contribution in [2.75, 3.05) is 13.2 Å². The number of esters is 1. The molecule has 0 unspecified atom stereocenters. The first kappa shape index (κ1) is 18.2. The molecule has 1 aromatic carbocycles. The maximum atomic E-state index is 11.7. The first-order valence-corrected chi connectivity index (χ1v) is 8.72. The molecule has 0 atom stereocenters. The standard InChI is InChI=1S/C16H15BrN2O4S/c1-2-22-15(20)10-23-13-6-5-11(8-12(13)17)9-18-19-16(21)14-4-3-7-24-14/h3-9H,2,10H2,1H3,(H,19,21)/b18-9-. The Kier molecular flexibility index (Phi) is 6.95. The lowest BCUT2D eigenvalue weighted by Gasteiger charge is -2.08. The Morgan fingerprint density at radius 3 is 2.88 bits per heavy atom. The van der Waals surface area contributed by atoms with Crippen LogP contribution < -0.4 is 10.2 Å². The number of hydrazone groups is 1. The average molecular weight is 411 g/mol. The molecule has 1 heterocycles. The van der Waals surface area contributed by atoms with Crippen LogP contribution in [-0.4, -0.2) is 31.3 Å². The number of rotatable bonds is 7. The molecule has 0 fully saturated rings. The molecule has 0 saturated heterocycles. The van der Waals surface area contributed by atoms with Gasteiger partial charge in [-0.25, -0.2) is 10.2 Å². The van der Waals surface area contributed by atoms with Crippen LogP contribution in [0.25, 0.3) is 0 Å². The van der Waals surface area contributed by atoms with E-state index in [0.717, 1.165) is 5.56 Å².